The van der Waals surface area contributed by atoms with E-state index in [-0.39, 0.29) is 0 Å². The Hall–Kier alpha value is -1.07. The molecule has 4 nitrogen and oxygen atoms in total. The zero-order valence-electron chi connectivity index (χ0n) is 7.50. The molecule has 72 valence electrons. The highest BCUT2D eigenvalue weighted by atomic mass is 32.2. The first-order valence-electron chi connectivity index (χ1n) is 3.75. The van der Waals surface area contributed by atoms with Gasteiger partial charge in [0.25, 0.3) is 11.3 Å². The van der Waals surface area contributed by atoms with Crippen molar-refractivity contribution in [2.24, 2.45) is 0 Å². The molecule has 0 saturated heterocycles. The molecule has 1 rings (SSSR count). The van der Waals surface area contributed by atoms with Crippen LogP contribution in [0.3, 0.4) is 0 Å². The number of anilines is 2. The standard InChI is InChI=1S/C8H12N2O2S/c1-5-3-7(9)4-6(2)8(5)10-13(11)12/h3-4,10H,9H2,1-2H3,(H,11,12). The van der Waals surface area contributed by atoms with Crippen LogP contribution in [0.2, 0.25) is 0 Å². The van der Waals surface area contributed by atoms with Gasteiger partial charge in [-0.3, -0.25) is 9.27 Å². The van der Waals surface area contributed by atoms with Crippen molar-refractivity contribution in [1.29, 1.82) is 0 Å². The quantitative estimate of drug-likeness (QED) is 0.499. The third kappa shape index (κ3) is 2.43. The summed E-state index contributed by atoms with van der Waals surface area (Å²) in [6.07, 6.45) is 0. The summed E-state index contributed by atoms with van der Waals surface area (Å²) < 4.78 is 21.6. The highest BCUT2D eigenvalue weighted by molar-refractivity contribution is 7.80. The lowest BCUT2D eigenvalue weighted by molar-refractivity contribution is 0.570. The summed E-state index contributed by atoms with van der Waals surface area (Å²) in [6, 6.07) is 3.50. The first-order valence-corrected chi connectivity index (χ1v) is 4.85. The van der Waals surface area contributed by atoms with Crippen molar-refractivity contribution in [3.05, 3.63) is 23.3 Å². The molecular formula is C8H12N2O2S. The third-order valence-electron chi connectivity index (χ3n) is 1.74. The van der Waals surface area contributed by atoms with Crippen LogP contribution < -0.4 is 10.5 Å². The molecule has 0 fully saturated rings. The zero-order chi connectivity index (χ0) is 10.0. The summed E-state index contributed by atoms with van der Waals surface area (Å²) in [7, 11) is 0. The van der Waals surface area contributed by atoms with Crippen LogP contribution >= 0.6 is 0 Å². The maximum Gasteiger partial charge on any atom is 0.259 e. The predicted octanol–water partition coefficient (Wildman–Crippen LogP) is 1.43. The lowest BCUT2D eigenvalue weighted by Crippen LogP contribution is -2.05. The second-order valence-corrected chi connectivity index (χ2v) is 3.58. The van der Waals surface area contributed by atoms with Crippen molar-refractivity contribution < 1.29 is 8.76 Å². The molecule has 0 amide bonds. The molecule has 0 aliphatic rings. The molecule has 1 aromatic carbocycles. The van der Waals surface area contributed by atoms with E-state index in [1.165, 1.54) is 0 Å². The van der Waals surface area contributed by atoms with E-state index in [9.17, 15) is 4.21 Å². The Labute approximate surface area is 79.6 Å². The fraction of sp³-hybridized carbons (Fsp3) is 0.250. The van der Waals surface area contributed by atoms with E-state index in [2.05, 4.69) is 4.72 Å². The molecule has 0 bridgehead atoms. The minimum absolute atomic E-state index is 0.657. The van der Waals surface area contributed by atoms with Gasteiger partial charge in [-0.05, 0) is 37.1 Å². The average Bonchev–Trinajstić information content (AvgIpc) is 1.96. The van der Waals surface area contributed by atoms with Gasteiger partial charge in [0.05, 0.1) is 5.69 Å². The van der Waals surface area contributed by atoms with Gasteiger partial charge in [0.15, 0.2) is 0 Å². The fourth-order valence-electron chi connectivity index (χ4n) is 1.25. The molecule has 0 radical (unpaired) electrons. The largest absolute Gasteiger partial charge is 0.399 e. The molecule has 0 saturated carbocycles. The smallest absolute Gasteiger partial charge is 0.259 e. The van der Waals surface area contributed by atoms with Crippen molar-refractivity contribution in [3.63, 3.8) is 0 Å². The van der Waals surface area contributed by atoms with Crippen LogP contribution in [0.1, 0.15) is 11.1 Å². The number of benzene rings is 1. The number of nitrogens with two attached hydrogens (primary N) is 1. The van der Waals surface area contributed by atoms with Gasteiger partial charge in [-0.1, -0.05) is 0 Å². The predicted molar refractivity (Wildman–Crippen MR) is 54.7 cm³/mol. The Balaban J connectivity index is 3.13. The van der Waals surface area contributed by atoms with Crippen LogP contribution in [-0.4, -0.2) is 8.76 Å². The summed E-state index contributed by atoms with van der Waals surface area (Å²) in [5.74, 6) is 0. The Morgan fingerprint density at radius 2 is 1.85 bits per heavy atom. The van der Waals surface area contributed by atoms with E-state index in [1.54, 1.807) is 12.1 Å². The normalized spacial score (nSPS) is 12.5. The van der Waals surface area contributed by atoms with Gasteiger partial charge in [-0.15, -0.1) is 0 Å². The topological polar surface area (TPSA) is 75.3 Å². The Kier molecular flexibility index (Phi) is 2.90. The number of rotatable bonds is 2. The monoisotopic (exact) mass is 200 g/mol. The van der Waals surface area contributed by atoms with E-state index in [0.717, 1.165) is 11.1 Å². The fourth-order valence-corrected chi connectivity index (χ4v) is 1.74. The van der Waals surface area contributed by atoms with Crippen molar-refractivity contribution in [2.45, 2.75) is 13.8 Å². The lowest BCUT2D eigenvalue weighted by atomic mass is 10.1. The molecule has 0 heterocycles. The maximum absolute atomic E-state index is 10.5. The summed E-state index contributed by atoms with van der Waals surface area (Å²) in [6.45, 7) is 3.66. The van der Waals surface area contributed by atoms with Crippen molar-refractivity contribution in [1.82, 2.24) is 0 Å². The molecule has 13 heavy (non-hydrogen) atoms. The Morgan fingerprint density at radius 3 is 2.23 bits per heavy atom. The second-order valence-electron chi connectivity index (χ2n) is 2.88. The third-order valence-corrected chi connectivity index (χ3v) is 2.12. The molecule has 1 unspecified atom stereocenters. The number of nitrogens with one attached hydrogen (secondary N) is 1. The number of hydrogen-bond donors (Lipinski definition) is 3. The van der Waals surface area contributed by atoms with Crippen LogP contribution in [0.4, 0.5) is 11.4 Å². The van der Waals surface area contributed by atoms with Crippen LogP contribution in [0.15, 0.2) is 12.1 Å². The first-order chi connectivity index (χ1) is 6.00. The van der Waals surface area contributed by atoms with Gasteiger partial charge in [-0.2, -0.15) is 0 Å². The van der Waals surface area contributed by atoms with E-state index in [1.807, 2.05) is 13.8 Å². The molecule has 4 N–H and O–H groups in total. The summed E-state index contributed by atoms with van der Waals surface area (Å²) in [5, 5.41) is 0. The molecular weight excluding hydrogens is 188 g/mol. The van der Waals surface area contributed by atoms with Crippen molar-refractivity contribution >= 4 is 22.6 Å². The molecule has 0 aliphatic carbocycles. The summed E-state index contributed by atoms with van der Waals surface area (Å²) in [5.41, 5.74) is 8.63. The minimum Gasteiger partial charge on any atom is -0.399 e. The van der Waals surface area contributed by atoms with Gasteiger partial charge in [-0.25, -0.2) is 4.21 Å². The Bertz CT molecular complexity index is 329. The highest BCUT2D eigenvalue weighted by Crippen LogP contribution is 2.23. The van der Waals surface area contributed by atoms with E-state index >= 15 is 0 Å². The van der Waals surface area contributed by atoms with Crippen LogP contribution in [0.25, 0.3) is 0 Å². The first kappa shape index (κ1) is 10.0. The van der Waals surface area contributed by atoms with Gasteiger partial charge < -0.3 is 5.73 Å². The van der Waals surface area contributed by atoms with Gasteiger partial charge in [0, 0.05) is 5.69 Å². The Morgan fingerprint density at radius 1 is 1.38 bits per heavy atom. The molecule has 5 heteroatoms. The molecule has 0 spiro atoms. The molecule has 0 aromatic heterocycles. The van der Waals surface area contributed by atoms with Crippen LogP contribution in [0, 0.1) is 13.8 Å². The molecule has 1 aromatic rings. The summed E-state index contributed by atoms with van der Waals surface area (Å²) >= 11 is -2.03. The number of aryl methyl sites for hydroxylation is 2. The second kappa shape index (κ2) is 3.76. The zero-order valence-corrected chi connectivity index (χ0v) is 8.31. The summed E-state index contributed by atoms with van der Waals surface area (Å²) in [4.78, 5) is 0. The molecule has 0 aliphatic heterocycles. The highest BCUT2D eigenvalue weighted by Gasteiger charge is 2.04. The number of hydrogen-bond acceptors (Lipinski definition) is 2. The number of nitrogen functional groups attached to an aromatic ring is 1. The van der Waals surface area contributed by atoms with Gasteiger partial charge in [0.2, 0.25) is 0 Å². The van der Waals surface area contributed by atoms with E-state index in [0.29, 0.717) is 11.4 Å². The minimum atomic E-state index is -2.03. The molecule has 1 atom stereocenters. The van der Waals surface area contributed by atoms with Gasteiger partial charge in [0.1, 0.15) is 0 Å². The van der Waals surface area contributed by atoms with Gasteiger partial charge >= 0.3 is 0 Å². The average molecular weight is 200 g/mol. The van der Waals surface area contributed by atoms with Crippen molar-refractivity contribution in [2.75, 3.05) is 10.5 Å². The van der Waals surface area contributed by atoms with Crippen LogP contribution in [0.5, 0.6) is 0 Å². The van der Waals surface area contributed by atoms with E-state index in [4.69, 9.17) is 10.3 Å². The van der Waals surface area contributed by atoms with Crippen LogP contribution in [-0.2, 0) is 11.3 Å². The van der Waals surface area contributed by atoms with E-state index < -0.39 is 11.3 Å². The van der Waals surface area contributed by atoms with Crippen molar-refractivity contribution in [3.8, 4) is 0 Å². The SMILES string of the molecule is Cc1cc(N)cc(C)c1NS(=O)O. The lowest BCUT2D eigenvalue weighted by Gasteiger charge is -2.10. The maximum atomic E-state index is 10.5.